The number of benzene rings is 1. The molecule has 1 rings (SSSR count). The van der Waals surface area contributed by atoms with Gasteiger partial charge in [-0.2, -0.15) is 0 Å². The zero-order valence-corrected chi connectivity index (χ0v) is 10.1. The molecular weight excluding hydrogens is 208 g/mol. The van der Waals surface area contributed by atoms with E-state index in [1.54, 1.807) is 7.05 Å². The molecule has 2 amide bonds. The molecule has 0 saturated carbocycles. The van der Waals surface area contributed by atoms with E-state index in [4.69, 9.17) is 0 Å². The number of thiol groups is 1. The van der Waals surface area contributed by atoms with Gasteiger partial charge in [-0.1, -0.05) is 44.9 Å². The summed E-state index contributed by atoms with van der Waals surface area (Å²) >= 11 is 4.18. The monoisotopic (exact) mass is 224 g/mol. The normalized spacial score (nSPS) is 10.2. The maximum atomic E-state index is 11.4. The average molecular weight is 224 g/mol. The summed E-state index contributed by atoms with van der Waals surface area (Å²) in [6.07, 6.45) is 0. The van der Waals surface area contributed by atoms with Gasteiger partial charge in [0.1, 0.15) is 0 Å². The summed E-state index contributed by atoms with van der Waals surface area (Å²) in [5.74, 6) is 0.362. The summed E-state index contributed by atoms with van der Waals surface area (Å²) in [6, 6.07) is 7.52. The number of urea groups is 1. The van der Waals surface area contributed by atoms with Gasteiger partial charge in [-0.3, -0.25) is 0 Å². The minimum absolute atomic E-state index is 0.230. The van der Waals surface area contributed by atoms with Gasteiger partial charge < -0.3 is 5.32 Å². The highest BCUT2D eigenvalue weighted by Gasteiger charge is 2.15. The molecule has 0 unspecified atom stereocenters. The molecule has 0 aromatic heterocycles. The molecule has 0 saturated heterocycles. The van der Waals surface area contributed by atoms with Crippen molar-refractivity contribution in [3.05, 3.63) is 29.8 Å². The number of anilines is 1. The summed E-state index contributed by atoms with van der Waals surface area (Å²) in [4.78, 5) is 11.4. The fourth-order valence-electron chi connectivity index (χ4n) is 1.38. The van der Waals surface area contributed by atoms with E-state index in [0.29, 0.717) is 5.92 Å². The molecular formula is C11H16N2OS. The third-order valence-corrected chi connectivity index (χ3v) is 2.59. The first kappa shape index (κ1) is 11.9. The Kier molecular flexibility index (Phi) is 4.03. The third-order valence-electron chi connectivity index (χ3n) is 2.19. The van der Waals surface area contributed by atoms with E-state index in [2.05, 4.69) is 32.0 Å². The molecule has 0 aliphatic heterocycles. The summed E-state index contributed by atoms with van der Waals surface area (Å²) in [6.45, 7) is 4.18. The first-order valence-electron chi connectivity index (χ1n) is 4.87. The maximum absolute atomic E-state index is 11.4. The Morgan fingerprint density at radius 2 is 2.00 bits per heavy atom. The Bertz CT molecular complexity index is 352. The summed E-state index contributed by atoms with van der Waals surface area (Å²) in [5, 5.41) is 2.54. The molecule has 0 atom stereocenters. The van der Waals surface area contributed by atoms with Gasteiger partial charge in [0.25, 0.3) is 0 Å². The van der Waals surface area contributed by atoms with Gasteiger partial charge in [0.15, 0.2) is 0 Å². The van der Waals surface area contributed by atoms with Gasteiger partial charge in [0.2, 0.25) is 0 Å². The third kappa shape index (κ3) is 2.65. The Morgan fingerprint density at radius 1 is 1.40 bits per heavy atom. The van der Waals surface area contributed by atoms with E-state index < -0.39 is 0 Å². The number of hydrogen-bond donors (Lipinski definition) is 2. The Morgan fingerprint density at radius 3 is 2.53 bits per heavy atom. The minimum Gasteiger partial charge on any atom is -0.340 e. The molecule has 0 heterocycles. The van der Waals surface area contributed by atoms with Gasteiger partial charge in [0.05, 0.1) is 5.69 Å². The predicted octanol–water partition coefficient (Wildman–Crippen LogP) is 2.80. The zero-order valence-electron chi connectivity index (χ0n) is 9.19. The molecule has 0 aliphatic rings. The highest BCUT2D eigenvalue weighted by molar-refractivity contribution is 7.82. The molecule has 1 aromatic carbocycles. The highest BCUT2D eigenvalue weighted by Crippen LogP contribution is 2.28. The lowest BCUT2D eigenvalue weighted by Gasteiger charge is -2.20. The van der Waals surface area contributed by atoms with Crippen LogP contribution in [0.2, 0.25) is 0 Å². The molecule has 4 heteroatoms. The van der Waals surface area contributed by atoms with Crippen molar-refractivity contribution in [2.45, 2.75) is 19.8 Å². The molecule has 0 bridgehead atoms. The Hall–Kier alpha value is -1.16. The van der Waals surface area contributed by atoms with Crippen LogP contribution in [0.15, 0.2) is 24.3 Å². The molecule has 1 N–H and O–H groups in total. The van der Waals surface area contributed by atoms with Crippen LogP contribution in [0.4, 0.5) is 10.5 Å². The van der Waals surface area contributed by atoms with Crippen LogP contribution < -0.4 is 9.62 Å². The molecule has 0 aliphatic carbocycles. The fourth-order valence-corrected chi connectivity index (χ4v) is 1.67. The van der Waals surface area contributed by atoms with Crippen LogP contribution in [0.5, 0.6) is 0 Å². The van der Waals surface area contributed by atoms with Gasteiger partial charge in [-0.25, -0.2) is 9.10 Å². The molecule has 15 heavy (non-hydrogen) atoms. The lowest BCUT2D eigenvalue weighted by atomic mass is 10.0. The zero-order chi connectivity index (χ0) is 11.4. The van der Waals surface area contributed by atoms with Crippen molar-refractivity contribution in [1.82, 2.24) is 5.32 Å². The van der Waals surface area contributed by atoms with E-state index in [0.717, 1.165) is 11.3 Å². The topological polar surface area (TPSA) is 32.3 Å². The summed E-state index contributed by atoms with van der Waals surface area (Å²) < 4.78 is 1.33. The van der Waals surface area contributed by atoms with Crippen molar-refractivity contribution in [2.75, 3.05) is 11.4 Å². The number of nitrogens with zero attached hydrogens (tertiary/aromatic N) is 1. The van der Waals surface area contributed by atoms with Crippen molar-refractivity contribution in [2.24, 2.45) is 0 Å². The Balaban J connectivity index is 3.07. The smallest absolute Gasteiger partial charge is 0.331 e. The van der Waals surface area contributed by atoms with Crippen molar-refractivity contribution in [1.29, 1.82) is 0 Å². The molecule has 0 radical (unpaired) electrons. The van der Waals surface area contributed by atoms with E-state index in [9.17, 15) is 4.79 Å². The maximum Gasteiger partial charge on any atom is 0.331 e. The fraction of sp³-hybridized carbons (Fsp3) is 0.364. The van der Waals surface area contributed by atoms with Crippen LogP contribution in [-0.2, 0) is 0 Å². The van der Waals surface area contributed by atoms with Crippen LogP contribution in [0.3, 0.4) is 0 Å². The number of carbonyl (C=O) groups excluding carboxylic acids is 1. The highest BCUT2D eigenvalue weighted by atomic mass is 32.1. The van der Waals surface area contributed by atoms with Crippen molar-refractivity contribution >= 4 is 24.5 Å². The molecule has 3 nitrogen and oxygen atoms in total. The summed E-state index contributed by atoms with van der Waals surface area (Å²) in [5.41, 5.74) is 1.94. The van der Waals surface area contributed by atoms with Crippen LogP contribution in [0.1, 0.15) is 25.3 Å². The number of hydrogen-bond acceptors (Lipinski definition) is 2. The molecule has 0 spiro atoms. The van der Waals surface area contributed by atoms with Gasteiger partial charge in [-0.15, -0.1) is 0 Å². The van der Waals surface area contributed by atoms with Crippen molar-refractivity contribution < 1.29 is 4.79 Å². The number of carbonyl (C=O) groups is 1. The van der Waals surface area contributed by atoms with Gasteiger partial charge in [-0.05, 0) is 17.5 Å². The first-order valence-corrected chi connectivity index (χ1v) is 5.27. The van der Waals surface area contributed by atoms with Crippen LogP contribution >= 0.6 is 12.8 Å². The number of para-hydroxylation sites is 1. The van der Waals surface area contributed by atoms with E-state index >= 15 is 0 Å². The second-order valence-corrected chi connectivity index (χ2v) is 3.98. The van der Waals surface area contributed by atoms with Gasteiger partial charge in [0, 0.05) is 7.05 Å². The second-order valence-electron chi connectivity index (χ2n) is 3.58. The lowest BCUT2D eigenvalue weighted by Crippen LogP contribution is -2.31. The van der Waals surface area contributed by atoms with Crippen LogP contribution in [0.25, 0.3) is 0 Å². The second kappa shape index (κ2) is 5.07. The van der Waals surface area contributed by atoms with Crippen LogP contribution in [-0.4, -0.2) is 13.1 Å². The number of rotatable bonds is 2. The van der Waals surface area contributed by atoms with E-state index in [-0.39, 0.29) is 6.03 Å². The predicted molar refractivity (Wildman–Crippen MR) is 66.5 cm³/mol. The standard InChI is InChI=1S/C11H16N2OS/c1-8(2)9-6-4-5-7-10(9)13(15)11(14)12-3/h4-8,15H,1-3H3,(H,12,14). The first-order chi connectivity index (χ1) is 7.07. The molecule has 0 fully saturated rings. The van der Waals surface area contributed by atoms with Crippen LogP contribution in [0, 0.1) is 0 Å². The molecule has 82 valence electrons. The van der Waals surface area contributed by atoms with E-state index in [1.807, 2.05) is 24.3 Å². The SMILES string of the molecule is CNC(=O)N(S)c1ccccc1C(C)C. The largest absolute Gasteiger partial charge is 0.340 e. The minimum atomic E-state index is -0.230. The number of nitrogens with one attached hydrogen (secondary N) is 1. The van der Waals surface area contributed by atoms with Crippen molar-refractivity contribution in [3.63, 3.8) is 0 Å². The molecule has 1 aromatic rings. The lowest BCUT2D eigenvalue weighted by molar-refractivity contribution is 0.252. The van der Waals surface area contributed by atoms with E-state index in [1.165, 1.54) is 4.31 Å². The van der Waals surface area contributed by atoms with Gasteiger partial charge >= 0.3 is 6.03 Å². The summed E-state index contributed by atoms with van der Waals surface area (Å²) in [7, 11) is 1.59. The number of amides is 2. The Labute approximate surface area is 96.0 Å². The average Bonchev–Trinajstić information content (AvgIpc) is 2.27. The van der Waals surface area contributed by atoms with Crippen molar-refractivity contribution in [3.8, 4) is 0 Å². The quantitative estimate of drug-likeness (QED) is 0.744.